The fourth-order valence-corrected chi connectivity index (χ4v) is 4.01. The van der Waals surface area contributed by atoms with Crippen molar-refractivity contribution < 1.29 is 9.59 Å². The van der Waals surface area contributed by atoms with Crippen LogP contribution < -0.4 is 16.0 Å². The maximum Gasteiger partial charge on any atom is 0.322 e. The van der Waals surface area contributed by atoms with E-state index in [9.17, 15) is 9.59 Å². The van der Waals surface area contributed by atoms with E-state index in [0.717, 1.165) is 63.0 Å². The fraction of sp³-hybridized carbons (Fsp3) is 0.579. The van der Waals surface area contributed by atoms with Crippen LogP contribution in [0.1, 0.15) is 48.0 Å². The quantitative estimate of drug-likeness (QED) is 0.789. The van der Waals surface area contributed by atoms with Crippen LogP contribution in [-0.2, 0) is 0 Å². The van der Waals surface area contributed by atoms with E-state index in [2.05, 4.69) is 16.0 Å². The van der Waals surface area contributed by atoms with Gasteiger partial charge in [-0.2, -0.15) is 0 Å². The van der Waals surface area contributed by atoms with E-state index in [-0.39, 0.29) is 17.5 Å². The predicted octanol–water partition coefficient (Wildman–Crippen LogP) is 2.25. The fourth-order valence-electron chi connectivity index (χ4n) is 4.01. The Labute approximate surface area is 148 Å². The van der Waals surface area contributed by atoms with Gasteiger partial charge in [0, 0.05) is 30.4 Å². The van der Waals surface area contributed by atoms with Crippen LogP contribution in [0, 0.1) is 6.92 Å². The third-order valence-electron chi connectivity index (χ3n) is 5.72. The maximum absolute atomic E-state index is 12.9. The number of carbonyl (C=O) groups excluding carboxylic acids is 2. The van der Waals surface area contributed by atoms with Gasteiger partial charge in [-0.1, -0.05) is 6.07 Å². The molecule has 1 unspecified atom stereocenters. The molecule has 2 saturated heterocycles. The molecule has 0 aromatic heterocycles. The maximum atomic E-state index is 12.9. The number of urea groups is 1. The molecule has 134 valence electrons. The van der Waals surface area contributed by atoms with E-state index in [0.29, 0.717) is 11.6 Å². The standard InChI is InChI=1S/C19H26N4O2/c1-13-3-4-14(17(24)21-15-5-6-15)11-16(13)22-18(25)23-10-2-7-19(23)8-9-20-12-19/h3-4,11,15,20H,2,5-10,12H2,1H3,(H,21,24)(H,22,25). The second-order valence-electron chi connectivity index (χ2n) is 7.61. The number of anilines is 1. The zero-order valence-electron chi connectivity index (χ0n) is 14.7. The molecule has 1 aromatic carbocycles. The summed E-state index contributed by atoms with van der Waals surface area (Å²) < 4.78 is 0. The largest absolute Gasteiger partial charge is 0.349 e. The second-order valence-corrected chi connectivity index (χ2v) is 7.61. The molecule has 2 aliphatic heterocycles. The number of aryl methyl sites for hydroxylation is 1. The Kier molecular flexibility index (Phi) is 4.15. The van der Waals surface area contributed by atoms with Crippen LogP contribution in [0.3, 0.4) is 0 Å². The van der Waals surface area contributed by atoms with Gasteiger partial charge in [0.15, 0.2) is 0 Å². The molecule has 2 heterocycles. The Bertz CT molecular complexity index is 687. The summed E-state index contributed by atoms with van der Waals surface area (Å²) in [6.45, 7) is 4.60. The number of benzene rings is 1. The molecule has 3 N–H and O–H groups in total. The number of nitrogens with one attached hydrogen (secondary N) is 3. The number of likely N-dealkylation sites (tertiary alicyclic amines) is 1. The minimum absolute atomic E-state index is 0.0288. The van der Waals surface area contributed by atoms with Gasteiger partial charge in [-0.25, -0.2) is 4.79 Å². The van der Waals surface area contributed by atoms with Crippen LogP contribution >= 0.6 is 0 Å². The van der Waals surface area contributed by atoms with Gasteiger partial charge in [-0.05, 0) is 63.3 Å². The van der Waals surface area contributed by atoms with Crippen LogP contribution in [0.15, 0.2) is 18.2 Å². The molecule has 6 nitrogen and oxygen atoms in total. The highest BCUT2D eigenvalue weighted by Gasteiger charge is 2.45. The van der Waals surface area contributed by atoms with E-state index in [4.69, 9.17) is 0 Å². The van der Waals surface area contributed by atoms with Gasteiger partial charge in [0.05, 0.1) is 5.54 Å². The highest BCUT2D eigenvalue weighted by Crippen LogP contribution is 2.35. The summed E-state index contributed by atoms with van der Waals surface area (Å²) in [6, 6.07) is 5.78. The van der Waals surface area contributed by atoms with Crippen molar-refractivity contribution in [3.8, 4) is 0 Å². The van der Waals surface area contributed by atoms with E-state index in [1.165, 1.54) is 0 Å². The van der Waals surface area contributed by atoms with E-state index in [1.54, 1.807) is 6.07 Å². The number of hydrogen-bond donors (Lipinski definition) is 3. The van der Waals surface area contributed by atoms with Crippen molar-refractivity contribution in [1.29, 1.82) is 0 Å². The van der Waals surface area contributed by atoms with E-state index >= 15 is 0 Å². The van der Waals surface area contributed by atoms with Crippen LogP contribution in [0.25, 0.3) is 0 Å². The molecule has 1 aromatic rings. The molecule has 1 spiro atoms. The highest BCUT2D eigenvalue weighted by molar-refractivity contribution is 5.97. The molecule has 1 aliphatic carbocycles. The molecule has 0 radical (unpaired) electrons. The van der Waals surface area contributed by atoms with Crippen molar-refractivity contribution in [2.24, 2.45) is 0 Å². The molecule has 1 atom stereocenters. The number of rotatable bonds is 3. The van der Waals surface area contributed by atoms with Crippen LogP contribution in [0.2, 0.25) is 0 Å². The van der Waals surface area contributed by atoms with Crippen molar-refractivity contribution in [3.63, 3.8) is 0 Å². The zero-order valence-corrected chi connectivity index (χ0v) is 14.7. The van der Waals surface area contributed by atoms with E-state index < -0.39 is 0 Å². The number of carbonyl (C=O) groups is 2. The predicted molar refractivity (Wildman–Crippen MR) is 96.8 cm³/mol. The van der Waals surface area contributed by atoms with Gasteiger partial charge in [0.25, 0.3) is 5.91 Å². The van der Waals surface area contributed by atoms with Gasteiger partial charge >= 0.3 is 6.03 Å². The average molecular weight is 342 g/mol. The first-order chi connectivity index (χ1) is 12.1. The molecule has 3 aliphatic rings. The van der Waals surface area contributed by atoms with Gasteiger partial charge in [-0.3, -0.25) is 4.79 Å². The highest BCUT2D eigenvalue weighted by atomic mass is 16.2. The minimum atomic E-state index is -0.0596. The van der Waals surface area contributed by atoms with Crippen LogP contribution in [0.5, 0.6) is 0 Å². The Morgan fingerprint density at radius 2 is 2.12 bits per heavy atom. The SMILES string of the molecule is Cc1ccc(C(=O)NC2CC2)cc1NC(=O)N1CCCC12CCNC2. The van der Waals surface area contributed by atoms with Gasteiger partial charge in [0.2, 0.25) is 0 Å². The van der Waals surface area contributed by atoms with Crippen molar-refractivity contribution in [2.75, 3.05) is 25.0 Å². The third kappa shape index (κ3) is 3.23. The number of amides is 3. The summed E-state index contributed by atoms with van der Waals surface area (Å²) in [5.41, 5.74) is 2.26. The first-order valence-electron chi connectivity index (χ1n) is 9.28. The molecule has 1 saturated carbocycles. The first kappa shape index (κ1) is 16.4. The summed E-state index contributed by atoms with van der Waals surface area (Å²) in [4.78, 5) is 27.1. The zero-order chi connectivity index (χ0) is 17.4. The Morgan fingerprint density at radius 3 is 2.84 bits per heavy atom. The van der Waals surface area contributed by atoms with Crippen molar-refractivity contribution in [3.05, 3.63) is 29.3 Å². The van der Waals surface area contributed by atoms with Crippen LogP contribution in [0.4, 0.5) is 10.5 Å². The smallest absolute Gasteiger partial charge is 0.322 e. The lowest BCUT2D eigenvalue weighted by Gasteiger charge is -2.34. The summed E-state index contributed by atoms with van der Waals surface area (Å²) in [5, 5.41) is 9.43. The molecule has 25 heavy (non-hydrogen) atoms. The summed E-state index contributed by atoms with van der Waals surface area (Å²) in [5.74, 6) is -0.0596. The topological polar surface area (TPSA) is 73.5 Å². The Morgan fingerprint density at radius 1 is 1.28 bits per heavy atom. The molecule has 0 bridgehead atoms. The van der Waals surface area contributed by atoms with Gasteiger partial charge in [-0.15, -0.1) is 0 Å². The van der Waals surface area contributed by atoms with Gasteiger partial charge in [0.1, 0.15) is 0 Å². The minimum Gasteiger partial charge on any atom is -0.349 e. The monoisotopic (exact) mass is 342 g/mol. The molecular formula is C19H26N4O2. The number of nitrogens with zero attached hydrogens (tertiary/aromatic N) is 1. The second kappa shape index (κ2) is 6.33. The summed E-state index contributed by atoms with van der Waals surface area (Å²) in [6.07, 6.45) is 5.26. The lowest BCUT2D eigenvalue weighted by atomic mass is 9.95. The number of hydrogen-bond acceptors (Lipinski definition) is 3. The Balaban J connectivity index is 1.49. The summed E-state index contributed by atoms with van der Waals surface area (Å²) >= 11 is 0. The Hall–Kier alpha value is -2.08. The molecular weight excluding hydrogens is 316 g/mol. The molecule has 3 fully saturated rings. The van der Waals surface area contributed by atoms with Crippen molar-refractivity contribution in [1.82, 2.24) is 15.5 Å². The third-order valence-corrected chi connectivity index (χ3v) is 5.72. The molecule has 4 rings (SSSR count). The molecule has 3 amide bonds. The van der Waals surface area contributed by atoms with Gasteiger partial charge < -0.3 is 20.9 Å². The van der Waals surface area contributed by atoms with Crippen molar-refractivity contribution in [2.45, 2.75) is 50.6 Å². The van der Waals surface area contributed by atoms with Crippen LogP contribution in [-0.4, -0.2) is 48.1 Å². The normalized spacial score (nSPS) is 25.4. The first-order valence-corrected chi connectivity index (χ1v) is 9.28. The summed E-state index contributed by atoms with van der Waals surface area (Å²) in [7, 11) is 0. The lowest BCUT2D eigenvalue weighted by molar-refractivity contribution is 0.0951. The van der Waals surface area contributed by atoms with E-state index in [1.807, 2.05) is 24.0 Å². The van der Waals surface area contributed by atoms with Crippen molar-refractivity contribution >= 4 is 17.6 Å². The molecule has 6 heteroatoms. The average Bonchev–Trinajstić information content (AvgIpc) is 3.13. The lowest BCUT2D eigenvalue weighted by Crippen LogP contribution is -2.50.